The summed E-state index contributed by atoms with van der Waals surface area (Å²) in [6.45, 7) is 3.65. The molecule has 1 heterocycles. The number of nitrogens with zero attached hydrogens (tertiary/aromatic N) is 3. The maximum absolute atomic E-state index is 10.9. The fraction of sp³-hybridized carbons (Fsp3) is 0.667. The first kappa shape index (κ1) is 13.3. The normalized spacial score (nSPS) is 12.8. The van der Waals surface area contributed by atoms with Crippen LogP contribution in [0.1, 0.15) is 12.6 Å². The highest BCUT2D eigenvalue weighted by atomic mass is 35.5. The van der Waals surface area contributed by atoms with Crippen molar-refractivity contribution in [1.82, 2.24) is 9.78 Å². The molecule has 0 spiro atoms. The molecule has 16 heavy (non-hydrogen) atoms. The van der Waals surface area contributed by atoms with Gasteiger partial charge in [-0.15, -0.1) is 11.6 Å². The molecule has 0 amide bonds. The number of halogens is 1. The number of hydrogen-bond acceptors (Lipinski definition) is 4. The van der Waals surface area contributed by atoms with E-state index >= 15 is 0 Å². The molecule has 0 N–H and O–H groups in total. The van der Waals surface area contributed by atoms with Gasteiger partial charge in [-0.1, -0.05) is 18.7 Å². The van der Waals surface area contributed by atoms with Gasteiger partial charge in [-0.3, -0.25) is 14.8 Å². The molecule has 1 aromatic rings. The van der Waals surface area contributed by atoms with Gasteiger partial charge in [0.1, 0.15) is 5.69 Å². The first-order valence-corrected chi connectivity index (χ1v) is 6.36. The van der Waals surface area contributed by atoms with Gasteiger partial charge in [0.2, 0.25) is 0 Å². The van der Waals surface area contributed by atoms with Crippen LogP contribution < -0.4 is 0 Å². The van der Waals surface area contributed by atoms with Crippen LogP contribution in [0.25, 0.3) is 0 Å². The molecule has 0 saturated heterocycles. The second-order valence-corrected chi connectivity index (χ2v) is 5.01. The molecule has 1 atom stereocenters. The van der Waals surface area contributed by atoms with E-state index in [0.717, 1.165) is 5.75 Å². The van der Waals surface area contributed by atoms with Gasteiger partial charge in [-0.25, -0.2) is 0 Å². The quantitative estimate of drug-likeness (QED) is 0.355. The summed E-state index contributed by atoms with van der Waals surface area (Å²) in [5.74, 6) is 1.63. The monoisotopic (exact) mass is 263 g/mol. The zero-order valence-electron chi connectivity index (χ0n) is 9.44. The number of nitro groups is 1. The number of rotatable bonds is 5. The van der Waals surface area contributed by atoms with Crippen molar-refractivity contribution in [3.05, 3.63) is 15.8 Å². The van der Waals surface area contributed by atoms with Crippen molar-refractivity contribution in [2.45, 2.75) is 18.9 Å². The molecular weight excluding hydrogens is 250 g/mol. The molecule has 0 fully saturated rings. The molecule has 1 unspecified atom stereocenters. The lowest BCUT2D eigenvalue weighted by molar-refractivity contribution is -0.388. The first-order valence-electron chi connectivity index (χ1n) is 4.84. The van der Waals surface area contributed by atoms with Crippen LogP contribution in [0.4, 0.5) is 5.69 Å². The zero-order valence-corrected chi connectivity index (χ0v) is 11.0. The van der Waals surface area contributed by atoms with Crippen LogP contribution in [0, 0.1) is 23.0 Å². The Labute approximate surface area is 103 Å². The third-order valence-corrected chi connectivity index (χ3v) is 4.08. The van der Waals surface area contributed by atoms with Crippen molar-refractivity contribution < 1.29 is 4.92 Å². The van der Waals surface area contributed by atoms with Gasteiger partial charge in [0.15, 0.2) is 5.03 Å². The van der Waals surface area contributed by atoms with Gasteiger partial charge in [-0.2, -0.15) is 5.10 Å². The molecule has 0 bridgehead atoms. The molecule has 7 heteroatoms. The average molecular weight is 264 g/mol. The van der Waals surface area contributed by atoms with E-state index in [0.29, 0.717) is 22.5 Å². The summed E-state index contributed by atoms with van der Waals surface area (Å²) in [5, 5.41) is 15.5. The van der Waals surface area contributed by atoms with Crippen LogP contribution in [-0.4, -0.2) is 26.3 Å². The van der Waals surface area contributed by atoms with E-state index in [-0.39, 0.29) is 10.6 Å². The third-order valence-electron chi connectivity index (χ3n) is 2.09. The minimum atomic E-state index is -0.379. The van der Waals surface area contributed by atoms with Crippen LogP contribution in [-0.2, 0) is 7.05 Å². The van der Waals surface area contributed by atoms with Crippen LogP contribution in [0.5, 0.6) is 0 Å². The topological polar surface area (TPSA) is 61.0 Å². The highest BCUT2D eigenvalue weighted by molar-refractivity contribution is 7.99. The Morgan fingerprint density at radius 2 is 2.31 bits per heavy atom. The summed E-state index contributed by atoms with van der Waals surface area (Å²) < 4.78 is 1.55. The van der Waals surface area contributed by atoms with E-state index in [9.17, 15) is 10.1 Å². The van der Waals surface area contributed by atoms with Gasteiger partial charge >= 0.3 is 5.69 Å². The fourth-order valence-corrected chi connectivity index (χ4v) is 2.65. The Balaban J connectivity index is 2.90. The maximum Gasteiger partial charge on any atom is 0.323 e. The standard InChI is InChI=1S/C9H14ClN3O2S/c1-6(4-10)5-16-9-8(13(14)15)7(2)11-12(9)3/h6H,4-5H2,1-3H3. The second kappa shape index (κ2) is 5.54. The van der Waals surface area contributed by atoms with Crippen LogP contribution in [0.3, 0.4) is 0 Å². The van der Waals surface area contributed by atoms with Crippen molar-refractivity contribution in [3.63, 3.8) is 0 Å². The van der Waals surface area contributed by atoms with E-state index < -0.39 is 0 Å². The minimum Gasteiger partial charge on any atom is -0.258 e. The predicted molar refractivity (Wildman–Crippen MR) is 65.2 cm³/mol. The summed E-state index contributed by atoms with van der Waals surface area (Å²) >= 11 is 7.13. The highest BCUT2D eigenvalue weighted by Crippen LogP contribution is 2.32. The Morgan fingerprint density at radius 3 is 2.81 bits per heavy atom. The summed E-state index contributed by atoms with van der Waals surface area (Å²) in [4.78, 5) is 10.5. The number of aryl methyl sites for hydroxylation is 2. The van der Waals surface area contributed by atoms with Crippen molar-refractivity contribution in [1.29, 1.82) is 0 Å². The van der Waals surface area contributed by atoms with E-state index in [1.54, 1.807) is 18.7 Å². The molecule has 90 valence electrons. The molecular formula is C9H14ClN3O2S. The van der Waals surface area contributed by atoms with Gasteiger partial charge in [0.05, 0.1) is 4.92 Å². The van der Waals surface area contributed by atoms with Crippen LogP contribution in [0.15, 0.2) is 5.03 Å². The Hall–Kier alpha value is -0.750. The SMILES string of the molecule is Cc1nn(C)c(SCC(C)CCl)c1[N+](=O)[O-]. The molecule has 0 aliphatic carbocycles. The lowest BCUT2D eigenvalue weighted by atomic mass is 10.3. The van der Waals surface area contributed by atoms with Crippen molar-refractivity contribution in [2.75, 3.05) is 11.6 Å². The number of thioether (sulfide) groups is 1. The molecule has 0 aliphatic heterocycles. The van der Waals surface area contributed by atoms with E-state index in [1.807, 2.05) is 6.92 Å². The number of hydrogen-bond donors (Lipinski definition) is 0. The second-order valence-electron chi connectivity index (χ2n) is 3.69. The van der Waals surface area contributed by atoms with E-state index in [4.69, 9.17) is 11.6 Å². The molecule has 0 aliphatic rings. The summed E-state index contributed by atoms with van der Waals surface area (Å²) in [7, 11) is 1.72. The Morgan fingerprint density at radius 1 is 1.69 bits per heavy atom. The Bertz CT molecular complexity index is 394. The number of alkyl halides is 1. The van der Waals surface area contributed by atoms with Gasteiger partial charge in [-0.05, 0) is 12.8 Å². The minimum absolute atomic E-state index is 0.106. The molecule has 1 rings (SSSR count). The lowest BCUT2D eigenvalue weighted by Crippen LogP contribution is -2.02. The number of aromatic nitrogens is 2. The van der Waals surface area contributed by atoms with E-state index in [1.165, 1.54) is 11.8 Å². The third kappa shape index (κ3) is 2.89. The lowest BCUT2D eigenvalue weighted by Gasteiger charge is -2.06. The average Bonchev–Trinajstić information content (AvgIpc) is 2.49. The summed E-state index contributed by atoms with van der Waals surface area (Å²) in [6.07, 6.45) is 0. The van der Waals surface area contributed by atoms with Crippen molar-refractivity contribution in [3.8, 4) is 0 Å². The maximum atomic E-state index is 10.9. The van der Waals surface area contributed by atoms with Gasteiger partial charge in [0.25, 0.3) is 0 Å². The zero-order chi connectivity index (χ0) is 12.3. The Kier molecular flexibility index (Phi) is 4.61. The molecule has 0 saturated carbocycles. The van der Waals surface area contributed by atoms with Crippen molar-refractivity contribution >= 4 is 29.1 Å². The molecule has 0 radical (unpaired) electrons. The molecule has 1 aromatic heterocycles. The molecule has 5 nitrogen and oxygen atoms in total. The van der Waals surface area contributed by atoms with Crippen molar-refractivity contribution in [2.24, 2.45) is 13.0 Å². The smallest absolute Gasteiger partial charge is 0.258 e. The van der Waals surface area contributed by atoms with Gasteiger partial charge < -0.3 is 0 Å². The summed E-state index contributed by atoms with van der Waals surface area (Å²) in [5.41, 5.74) is 0.558. The predicted octanol–water partition coefficient (Wildman–Crippen LogP) is 2.60. The first-order chi connectivity index (χ1) is 7.47. The fourth-order valence-electron chi connectivity index (χ4n) is 1.26. The van der Waals surface area contributed by atoms with Crippen LogP contribution in [0.2, 0.25) is 0 Å². The molecule has 0 aromatic carbocycles. The van der Waals surface area contributed by atoms with E-state index in [2.05, 4.69) is 5.10 Å². The largest absolute Gasteiger partial charge is 0.323 e. The highest BCUT2D eigenvalue weighted by Gasteiger charge is 2.24. The van der Waals surface area contributed by atoms with Gasteiger partial charge in [0, 0.05) is 18.7 Å². The van der Waals surface area contributed by atoms with Crippen LogP contribution >= 0.6 is 23.4 Å². The summed E-state index contributed by atoms with van der Waals surface area (Å²) in [6, 6.07) is 0.